The Kier molecular flexibility index (Phi) is 8.26. The van der Waals surface area contributed by atoms with Gasteiger partial charge in [-0.3, -0.25) is 24.0 Å². The number of amides is 1. The van der Waals surface area contributed by atoms with Gasteiger partial charge in [-0.25, -0.2) is 4.79 Å². The number of aryl methyl sites for hydroxylation is 3. The minimum Gasteiger partial charge on any atom is -0.383 e. The second-order valence-electron chi connectivity index (χ2n) is 8.88. The number of aromatic amines is 1. The van der Waals surface area contributed by atoms with Crippen molar-refractivity contribution >= 4 is 17.4 Å². The molecule has 0 atom stereocenters. The maximum absolute atomic E-state index is 13.8. The fourth-order valence-electron chi connectivity index (χ4n) is 4.05. The third-order valence-electron chi connectivity index (χ3n) is 6.00. The highest BCUT2D eigenvalue weighted by molar-refractivity contribution is 6.06. The summed E-state index contributed by atoms with van der Waals surface area (Å²) in [6.45, 7) is 10.3. The maximum atomic E-state index is 13.8. The van der Waals surface area contributed by atoms with Crippen LogP contribution in [0.3, 0.4) is 0 Å². The van der Waals surface area contributed by atoms with Crippen molar-refractivity contribution in [3.63, 3.8) is 0 Å². The number of unbranched alkanes of at least 4 members (excludes halogenated alkanes) is 3. The predicted octanol–water partition coefficient (Wildman–Crippen LogP) is 3.26. The van der Waals surface area contributed by atoms with Crippen LogP contribution in [-0.2, 0) is 6.54 Å². The molecule has 2 aromatic heterocycles. The van der Waals surface area contributed by atoms with Crippen molar-refractivity contribution in [1.29, 1.82) is 0 Å². The van der Waals surface area contributed by atoms with E-state index < -0.39 is 17.2 Å². The molecule has 3 aromatic rings. The molecule has 0 saturated carbocycles. The molecule has 188 valence electrons. The summed E-state index contributed by atoms with van der Waals surface area (Å²) in [6.07, 6.45) is 4.03. The lowest BCUT2D eigenvalue weighted by Gasteiger charge is -2.24. The molecule has 0 unspecified atom stereocenters. The van der Waals surface area contributed by atoms with Crippen LogP contribution in [0.25, 0.3) is 5.69 Å². The first kappa shape index (κ1) is 25.9. The Balaban J connectivity index is 2.09. The molecule has 1 amide bonds. The topological polar surface area (TPSA) is 132 Å². The Morgan fingerprint density at radius 1 is 1.06 bits per heavy atom. The summed E-state index contributed by atoms with van der Waals surface area (Å²) in [4.78, 5) is 44.2. The van der Waals surface area contributed by atoms with E-state index in [4.69, 9.17) is 5.73 Å². The number of benzene rings is 1. The zero-order valence-electron chi connectivity index (χ0n) is 21.2. The lowest BCUT2D eigenvalue weighted by atomic mass is 10.1. The van der Waals surface area contributed by atoms with Gasteiger partial charge in [-0.1, -0.05) is 50.8 Å². The van der Waals surface area contributed by atoms with Gasteiger partial charge < -0.3 is 5.73 Å². The minimum absolute atomic E-state index is 0.0172. The van der Waals surface area contributed by atoms with Gasteiger partial charge in [-0.2, -0.15) is 9.90 Å². The van der Waals surface area contributed by atoms with Gasteiger partial charge in [0.2, 0.25) is 0 Å². The third kappa shape index (κ3) is 5.52. The van der Waals surface area contributed by atoms with Gasteiger partial charge in [0.1, 0.15) is 5.82 Å². The van der Waals surface area contributed by atoms with Crippen LogP contribution in [0.15, 0.2) is 27.8 Å². The zero-order valence-corrected chi connectivity index (χ0v) is 21.2. The van der Waals surface area contributed by atoms with Gasteiger partial charge in [-0.15, -0.1) is 5.10 Å². The molecule has 10 heteroatoms. The molecule has 3 N–H and O–H groups in total. The summed E-state index contributed by atoms with van der Waals surface area (Å²) < 4.78 is 1.32. The van der Waals surface area contributed by atoms with E-state index >= 15 is 0 Å². The normalized spacial score (nSPS) is 11.1. The number of hydrogen-bond donors (Lipinski definition) is 2. The molecule has 2 heterocycles. The molecular weight excluding hydrogens is 446 g/mol. The van der Waals surface area contributed by atoms with Gasteiger partial charge in [0.05, 0.1) is 11.4 Å². The summed E-state index contributed by atoms with van der Waals surface area (Å²) in [5.41, 5.74) is 8.44. The third-order valence-corrected chi connectivity index (χ3v) is 6.00. The van der Waals surface area contributed by atoms with Gasteiger partial charge in [0.25, 0.3) is 11.5 Å². The molecule has 0 fully saturated rings. The summed E-state index contributed by atoms with van der Waals surface area (Å²) in [6, 6.07) is 5.88. The number of nitrogen functional groups attached to an aromatic ring is 1. The Morgan fingerprint density at radius 2 is 1.77 bits per heavy atom. The van der Waals surface area contributed by atoms with Crippen LogP contribution in [0.5, 0.6) is 0 Å². The Morgan fingerprint density at radius 3 is 2.43 bits per heavy atom. The number of aromatic nitrogens is 5. The molecule has 35 heavy (non-hydrogen) atoms. The highest BCUT2D eigenvalue weighted by atomic mass is 16.2. The number of rotatable bonds is 10. The van der Waals surface area contributed by atoms with Crippen molar-refractivity contribution in [2.75, 3.05) is 17.2 Å². The van der Waals surface area contributed by atoms with E-state index in [9.17, 15) is 14.4 Å². The molecule has 10 nitrogen and oxygen atoms in total. The maximum Gasteiger partial charge on any atom is 0.330 e. The average molecular weight is 482 g/mol. The van der Waals surface area contributed by atoms with Crippen LogP contribution >= 0.6 is 0 Å². The van der Waals surface area contributed by atoms with Crippen molar-refractivity contribution in [1.82, 2.24) is 24.5 Å². The SMILES string of the molecule is CCCCCN(C(=O)c1nn(-c2ccc(C)cc2C)nc1C)c1c(N)n(CCCC)c(=O)[nH]c1=O. The molecule has 0 radical (unpaired) electrons. The molecule has 0 spiro atoms. The standard InChI is InChI=1S/C25H35N7O3/c1-6-8-10-14-30(21-22(26)31(13-9-7-2)25(35)27-23(21)33)24(34)20-18(5)28-32(29-20)19-12-11-16(3)15-17(19)4/h11-12,15H,6-10,13-14,26H2,1-5H3,(H,27,33,35). The van der Waals surface area contributed by atoms with Crippen molar-refractivity contribution in [2.45, 2.75) is 73.3 Å². The number of carbonyl (C=O) groups is 1. The quantitative estimate of drug-likeness (QED) is 0.427. The largest absolute Gasteiger partial charge is 0.383 e. The summed E-state index contributed by atoms with van der Waals surface area (Å²) >= 11 is 0. The van der Waals surface area contributed by atoms with Crippen molar-refractivity contribution in [3.8, 4) is 5.69 Å². The van der Waals surface area contributed by atoms with Gasteiger partial charge in [0.15, 0.2) is 11.4 Å². The first-order valence-electron chi connectivity index (χ1n) is 12.2. The van der Waals surface area contributed by atoms with Crippen molar-refractivity contribution in [2.24, 2.45) is 0 Å². The summed E-state index contributed by atoms with van der Waals surface area (Å²) in [5.74, 6) is -0.496. The first-order valence-corrected chi connectivity index (χ1v) is 12.2. The highest BCUT2D eigenvalue weighted by Crippen LogP contribution is 2.22. The molecule has 1 aromatic carbocycles. The molecule has 0 aliphatic rings. The fraction of sp³-hybridized carbons (Fsp3) is 0.480. The van der Waals surface area contributed by atoms with Gasteiger partial charge in [-0.05, 0) is 45.2 Å². The average Bonchev–Trinajstić information content (AvgIpc) is 3.18. The lowest BCUT2D eigenvalue weighted by Crippen LogP contribution is -2.42. The molecule has 0 saturated heterocycles. The smallest absolute Gasteiger partial charge is 0.330 e. The molecular formula is C25H35N7O3. The molecule has 0 aliphatic carbocycles. The van der Waals surface area contributed by atoms with Crippen LogP contribution in [0, 0.1) is 20.8 Å². The first-order chi connectivity index (χ1) is 16.7. The molecule has 0 bridgehead atoms. The van der Waals surface area contributed by atoms with E-state index in [1.807, 2.05) is 39.0 Å². The van der Waals surface area contributed by atoms with Crippen molar-refractivity contribution in [3.05, 3.63) is 61.6 Å². The van der Waals surface area contributed by atoms with E-state index in [0.717, 1.165) is 36.1 Å². The molecule has 3 rings (SSSR count). The number of anilines is 2. The summed E-state index contributed by atoms with van der Waals surface area (Å²) in [7, 11) is 0. The number of H-pyrrole nitrogens is 1. The van der Waals surface area contributed by atoms with E-state index in [2.05, 4.69) is 22.1 Å². The van der Waals surface area contributed by atoms with Crippen LogP contribution in [0.2, 0.25) is 0 Å². The number of hydrogen-bond acceptors (Lipinski definition) is 6. The fourth-order valence-corrected chi connectivity index (χ4v) is 4.05. The van der Waals surface area contributed by atoms with Crippen LogP contribution in [0.4, 0.5) is 11.5 Å². The Bertz CT molecular complexity index is 1320. The summed E-state index contributed by atoms with van der Waals surface area (Å²) in [5, 5.41) is 8.95. The Labute approximate surface area is 204 Å². The van der Waals surface area contributed by atoms with Crippen LogP contribution < -0.4 is 21.9 Å². The van der Waals surface area contributed by atoms with E-state index in [-0.39, 0.29) is 23.7 Å². The lowest BCUT2D eigenvalue weighted by molar-refractivity contribution is 0.0980. The monoisotopic (exact) mass is 481 g/mol. The van der Waals surface area contributed by atoms with Gasteiger partial charge in [0, 0.05) is 13.1 Å². The number of carbonyl (C=O) groups excluding carboxylic acids is 1. The predicted molar refractivity (Wildman–Crippen MR) is 137 cm³/mol. The van der Waals surface area contributed by atoms with E-state index in [0.29, 0.717) is 25.1 Å². The van der Waals surface area contributed by atoms with Crippen LogP contribution in [-0.4, -0.2) is 37.0 Å². The highest BCUT2D eigenvalue weighted by Gasteiger charge is 2.28. The van der Waals surface area contributed by atoms with Gasteiger partial charge >= 0.3 is 5.69 Å². The number of nitrogens with two attached hydrogens (primary N) is 1. The second kappa shape index (κ2) is 11.2. The van der Waals surface area contributed by atoms with E-state index in [1.54, 1.807) is 6.92 Å². The Hall–Kier alpha value is -3.69. The second-order valence-corrected chi connectivity index (χ2v) is 8.88. The number of nitrogens with one attached hydrogen (secondary N) is 1. The van der Waals surface area contributed by atoms with E-state index in [1.165, 1.54) is 14.3 Å². The number of nitrogens with zero attached hydrogens (tertiary/aromatic N) is 5. The van der Waals surface area contributed by atoms with Crippen molar-refractivity contribution < 1.29 is 4.79 Å². The zero-order chi connectivity index (χ0) is 25.7. The van der Waals surface area contributed by atoms with Crippen LogP contribution in [0.1, 0.15) is 73.3 Å². The molecule has 0 aliphatic heterocycles. The minimum atomic E-state index is -0.690.